The molecule has 22 heavy (non-hydrogen) atoms. The minimum Gasteiger partial charge on any atom is -0.270 e. The van der Waals surface area contributed by atoms with E-state index in [0.717, 1.165) is 13.1 Å². The van der Waals surface area contributed by atoms with E-state index < -0.39 is 16.1 Å². The molecule has 120 valence electrons. The summed E-state index contributed by atoms with van der Waals surface area (Å²) in [5.74, 6) is 1.27. The van der Waals surface area contributed by atoms with Gasteiger partial charge in [0.05, 0.1) is 4.90 Å². The summed E-state index contributed by atoms with van der Waals surface area (Å²) < 4.78 is 26.6. The molecule has 0 radical (unpaired) electrons. The normalized spacial score (nSPS) is 25.0. The molecule has 0 bridgehead atoms. The van der Waals surface area contributed by atoms with Gasteiger partial charge >= 0.3 is 6.03 Å². The Morgan fingerprint density at radius 2 is 1.82 bits per heavy atom. The molecule has 2 atom stereocenters. The zero-order chi connectivity index (χ0) is 15.7. The maximum Gasteiger partial charge on any atom is 0.343 e. The van der Waals surface area contributed by atoms with Gasteiger partial charge in [0.1, 0.15) is 0 Å². The van der Waals surface area contributed by atoms with Gasteiger partial charge in [0.2, 0.25) is 0 Å². The number of hydrogen-bond donors (Lipinski definition) is 2. The minimum absolute atomic E-state index is 0.128. The third-order valence-electron chi connectivity index (χ3n) is 4.60. The Bertz CT molecular complexity index is 662. The topological polar surface area (TPSA) is 78.5 Å². The van der Waals surface area contributed by atoms with E-state index >= 15 is 0 Å². The van der Waals surface area contributed by atoms with Crippen molar-refractivity contribution in [3.8, 4) is 0 Å². The third kappa shape index (κ3) is 3.10. The lowest BCUT2D eigenvalue weighted by molar-refractivity contribution is 0.195. The Labute approximate surface area is 130 Å². The van der Waals surface area contributed by atoms with Crippen molar-refractivity contribution in [1.82, 2.24) is 15.2 Å². The van der Waals surface area contributed by atoms with E-state index in [2.05, 4.69) is 10.1 Å². The zero-order valence-corrected chi connectivity index (χ0v) is 13.4. The van der Waals surface area contributed by atoms with Crippen molar-refractivity contribution in [3.63, 3.8) is 0 Å². The van der Waals surface area contributed by atoms with E-state index in [1.165, 1.54) is 25.3 Å². The van der Waals surface area contributed by atoms with Gasteiger partial charge in [0.25, 0.3) is 10.0 Å². The van der Waals surface area contributed by atoms with Gasteiger partial charge in [-0.25, -0.2) is 22.9 Å². The highest BCUT2D eigenvalue weighted by atomic mass is 32.2. The van der Waals surface area contributed by atoms with Crippen LogP contribution in [0.5, 0.6) is 0 Å². The third-order valence-corrected chi connectivity index (χ3v) is 6.09. The number of hydrazine groups is 1. The number of benzene rings is 1. The van der Waals surface area contributed by atoms with Crippen LogP contribution >= 0.6 is 0 Å². The first-order valence-corrected chi connectivity index (χ1v) is 9.08. The Morgan fingerprint density at radius 3 is 2.45 bits per heavy atom. The second-order valence-corrected chi connectivity index (χ2v) is 7.82. The maximum absolute atomic E-state index is 12.2. The molecule has 6 nitrogen and oxygen atoms in total. The summed E-state index contributed by atoms with van der Waals surface area (Å²) in [6.07, 6.45) is 3.66. The van der Waals surface area contributed by atoms with Gasteiger partial charge in [-0.15, -0.1) is 0 Å². The second-order valence-electron chi connectivity index (χ2n) is 6.17. The zero-order valence-electron chi connectivity index (χ0n) is 12.6. The first-order valence-electron chi connectivity index (χ1n) is 7.60. The first-order chi connectivity index (χ1) is 10.5. The predicted molar refractivity (Wildman–Crippen MR) is 82.4 cm³/mol. The summed E-state index contributed by atoms with van der Waals surface area (Å²) in [5.41, 5.74) is 3.27. The second kappa shape index (κ2) is 5.89. The van der Waals surface area contributed by atoms with Gasteiger partial charge in [0.15, 0.2) is 0 Å². The van der Waals surface area contributed by atoms with E-state index in [4.69, 9.17) is 0 Å². The molecule has 0 aromatic heterocycles. The van der Waals surface area contributed by atoms with Gasteiger partial charge in [-0.2, -0.15) is 0 Å². The Balaban J connectivity index is 1.61. The number of carbonyl (C=O) groups excluding carboxylic acids is 1. The molecule has 2 aliphatic rings. The molecular formula is C15H21N3O3S. The predicted octanol–water partition coefficient (Wildman–Crippen LogP) is 1.63. The van der Waals surface area contributed by atoms with Gasteiger partial charge in [-0.1, -0.05) is 24.6 Å². The van der Waals surface area contributed by atoms with Crippen LogP contribution in [-0.4, -0.2) is 32.5 Å². The van der Waals surface area contributed by atoms with Gasteiger partial charge in [0, 0.05) is 13.1 Å². The fourth-order valence-electron chi connectivity index (χ4n) is 3.53. The summed E-state index contributed by atoms with van der Waals surface area (Å²) in [5, 5.41) is 1.83. The molecule has 1 heterocycles. The molecule has 2 N–H and O–H groups in total. The number of rotatable bonds is 3. The molecular weight excluding hydrogens is 302 g/mol. The van der Waals surface area contributed by atoms with E-state index in [0.29, 0.717) is 17.4 Å². The van der Waals surface area contributed by atoms with Crippen molar-refractivity contribution in [3.05, 3.63) is 29.8 Å². The summed E-state index contributed by atoms with van der Waals surface area (Å²) in [6.45, 7) is 3.32. The van der Waals surface area contributed by atoms with Crippen LogP contribution in [0.3, 0.4) is 0 Å². The monoisotopic (exact) mass is 323 g/mol. The number of hydrogen-bond acceptors (Lipinski definition) is 4. The van der Waals surface area contributed by atoms with E-state index in [9.17, 15) is 13.2 Å². The molecule has 1 aromatic carbocycles. The lowest BCUT2D eigenvalue weighted by Crippen LogP contribution is -2.48. The highest BCUT2D eigenvalue weighted by Gasteiger charge is 2.36. The van der Waals surface area contributed by atoms with Crippen molar-refractivity contribution >= 4 is 16.1 Å². The molecule has 1 aromatic rings. The number of nitrogens with one attached hydrogen (secondary N) is 2. The van der Waals surface area contributed by atoms with Crippen molar-refractivity contribution < 1.29 is 13.2 Å². The van der Waals surface area contributed by atoms with Gasteiger partial charge in [-0.3, -0.25) is 5.43 Å². The summed E-state index contributed by atoms with van der Waals surface area (Å²) in [7, 11) is -3.84. The molecule has 1 saturated carbocycles. The average molecular weight is 323 g/mol. The van der Waals surface area contributed by atoms with E-state index in [1.807, 2.05) is 5.01 Å². The SMILES string of the molecule is Cc1ccccc1S(=O)(=O)NC(=O)NN1CC2CCCC2C1. The largest absolute Gasteiger partial charge is 0.343 e. The molecule has 1 aliphatic carbocycles. The highest BCUT2D eigenvalue weighted by molar-refractivity contribution is 7.90. The van der Waals surface area contributed by atoms with Crippen LogP contribution in [0, 0.1) is 18.8 Å². The number of amides is 2. The standard InChI is InChI=1S/C15H21N3O3S/c1-11-5-2-3-8-14(11)22(20,21)17-15(19)16-18-9-12-6-4-7-13(12)10-18/h2-3,5,8,12-13H,4,6-7,9-10H2,1H3,(H2,16,17,19). The smallest absolute Gasteiger partial charge is 0.270 e. The van der Waals surface area contributed by atoms with Crippen molar-refractivity contribution in [2.75, 3.05) is 13.1 Å². The number of aryl methyl sites for hydroxylation is 1. The molecule has 2 fully saturated rings. The van der Waals surface area contributed by atoms with Crippen LogP contribution in [0.4, 0.5) is 4.79 Å². The molecule has 0 spiro atoms. The van der Waals surface area contributed by atoms with Crippen molar-refractivity contribution in [1.29, 1.82) is 0 Å². The lowest BCUT2D eigenvalue weighted by Gasteiger charge is -2.18. The number of carbonyl (C=O) groups is 1. The van der Waals surface area contributed by atoms with Crippen LogP contribution in [0.1, 0.15) is 24.8 Å². The van der Waals surface area contributed by atoms with Gasteiger partial charge < -0.3 is 0 Å². The van der Waals surface area contributed by atoms with Crippen molar-refractivity contribution in [2.24, 2.45) is 11.8 Å². The van der Waals surface area contributed by atoms with Crippen LogP contribution < -0.4 is 10.1 Å². The van der Waals surface area contributed by atoms with E-state index in [-0.39, 0.29) is 4.90 Å². The molecule has 3 rings (SSSR count). The molecule has 1 saturated heterocycles. The molecule has 1 aliphatic heterocycles. The first kappa shape index (κ1) is 15.3. The van der Waals surface area contributed by atoms with Crippen LogP contribution in [-0.2, 0) is 10.0 Å². The molecule has 7 heteroatoms. The summed E-state index contributed by atoms with van der Waals surface area (Å²) in [4.78, 5) is 12.1. The van der Waals surface area contributed by atoms with Crippen LogP contribution in [0.15, 0.2) is 29.2 Å². The number of nitrogens with zero attached hydrogens (tertiary/aromatic N) is 1. The number of sulfonamides is 1. The van der Waals surface area contributed by atoms with E-state index in [1.54, 1.807) is 25.1 Å². The Kier molecular flexibility index (Phi) is 4.10. The number of fused-ring (bicyclic) bond motifs is 1. The van der Waals surface area contributed by atoms with Crippen molar-refractivity contribution in [2.45, 2.75) is 31.1 Å². The minimum atomic E-state index is -3.84. The highest BCUT2D eigenvalue weighted by Crippen LogP contribution is 2.36. The van der Waals surface area contributed by atoms with Crippen LogP contribution in [0.2, 0.25) is 0 Å². The molecule has 2 amide bonds. The fraction of sp³-hybridized carbons (Fsp3) is 0.533. The Hall–Kier alpha value is -1.60. The fourth-order valence-corrected chi connectivity index (χ4v) is 4.68. The Morgan fingerprint density at radius 1 is 1.18 bits per heavy atom. The summed E-state index contributed by atoms with van der Waals surface area (Å²) >= 11 is 0. The number of urea groups is 1. The van der Waals surface area contributed by atoms with Gasteiger partial charge in [-0.05, 0) is 43.2 Å². The summed E-state index contributed by atoms with van der Waals surface area (Å²) in [6, 6.07) is 5.90. The maximum atomic E-state index is 12.2. The lowest BCUT2D eigenvalue weighted by atomic mass is 10.0. The quantitative estimate of drug-likeness (QED) is 0.886. The molecule has 2 unspecified atom stereocenters. The average Bonchev–Trinajstić information content (AvgIpc) is 2.98. The van der Waals surface area contributed by atoms with Crippen LogP contribution in [0.25, 0.3) is 0 Å².